The maximum atomic E-state index is 10.3. The van der Waals surface area contributed by atoms with E-state index in [9.17, 15) is 10.2 Å². The molecule has 0 saturated carbocycles. The second kappa shape index (κ2) is 7.10. The predicted molar refractivity (Wildman–Crippen MR) is 102 cm³/mol. The SMILES string of the molecule is CC(C)(C)[Si](C)(C)OC[C@H]1OC(O)[C@H](O)[C@@H]1O[Si](C)(C)C(C)(C)C. The van der Waals surface area contributed by atoms with E-state index in [1.54, 1.807) is 0 Å². The van der Waals surface area contributed by atoms with Gasteiger partial charge in [-0.25, -0.2) is 0 Å². The van der Waals surface area contributed by atoms with Crippen molar-refractivity contribution < 1.29 is 23.8 Å². The third-order valence-electron chi connectivity index (χ3n) is 5.96. The van der Waals surface area contributed by atoms with E-state index in [4.69, 9.17) is 13.6 Å². The van der Waals surface area contributed by atoms with Gasteiger partial charge in [0.1, 0.15) is 18.3 Å². The van der Waals surface area contributed by atoms with Gasteiger partial charge in [0.25, 0.3) is 0 Å². The topological polar surface area (TPSA) is 68.2 Å². The predicted octanol–water partition coefficient (Wildman–Crippen LogP) is 3.48. The first-order valence-electron chi connectivity index (χ1n) is 8.83. The quantitative estimate of drug-likeness (QED) is 0.717. The van der Waals surface area contributed by atoms with Gasteiger partial charge in [0.05, 0.1) is 6.61 Å². The van der Waals surface area contributed by atoms with Gasteiger partial charge in [0.2, 0.25) is 0 Å². The van der Waals surface area contributed by atoms with Gasteiger partial charge in [-0.3, -0.25) is 0 Å². The molecule has 0 aromatic carbocycles. The highest BCUT2D eigenvalue weighted by atomic mass is 28.4. The Bertz CT molecular complexity index is 426. The minimum atomic E-state index is -2.09. The van der Waals surface area contributed by atoms with Gasteiger partial charge < -0.3 is 23.8 Å². The van der Waals surface area contributed by atoms with Gasteiger partial charge in [0, 0.05) is 0 Å². The summed E-state index contributed by atoms with van der Waals surface area (Å²) in [6.45, 7) is 22.0. The Labute approximate surface area is 150 Å². The molecule has 0 amide bonds. The molecule has 1 fully saturated rings. The summed E-state index contributed by atoms with van der Waals surface area (Å²) in [4.78, 5) is 0. The molecule has 7 heteroatoms. The Morgan fingerprint density at radius 2 is 1.33 bits per heavy atom. The molecule has 0 aromatic rings. The molecule has 0 aromatic heterocycles. The van der Waals surface area contributed by atoms with E-state index >= 15 is 0 Å². The fourth-order valence-corrected chi connectivity index (χ4v) is 4.36. The Morgan fingerprint density at radius 3 is 1.75 bits per heavy atom. The molecule has 4 atom stereocenters. The minimum absolute atomic E-state index is 0.0189. The second-order valence-electron chi connectivity index (χ2n) is 9.97. The van der Waals surface area contributed by atoms with Crippen molar-refractivity contribution in [1.82, 2.24) is 0 Å². The van der Waals surface area contributed by atoms with E-state index in [0.29, 0.717) is 6.61 Å². The molecule has 1 aliphatic heterocycles. The molecule has 0 aliphatic carbocycles. The highest BCUT2D eigenvalue weighted by Crippen LogP contribution is 2.40. The van der Waals surface area contributed by atoms with E-state index in [1.165, 1.54) is 0 Å². The first-order valence-corrected chi connectivity index (χ1v) is 14.6. The number of rotatable bonds is 5. The summed E-state index contributed by atoms with van der Waals surface area (Å²) in [5.74, 6) is 0. The average molecular weight is 379 g/mol. The molecule has 1 rings (SSSR count). The molecule has 2 N–H and O–H groups in total. The monoisotopic (exact) mass is 378 g/mol. The summed E-state index contributed by atoms with van der Waals surface area (Å²) in [5.41, 5.74) is 0. The molecule has 0 spiro atoms. The van der Waals surface area contributed by atoms with Crippen LogP contribution in [0.25, 0.3) is 0 Å². The van der Waals surface area contributed by atoms with Crippen molar-refractivity contribution in [2.45, 2.75) is 102 Å². The van der Waals surface area contributed by atoms with Crippen LogP contribution in [0.15, 0.2) is 0 Å². The van der Waals surface area contributed by atoms with E-state index in [2.05, 4.69) is 67.7 Å². The smallest absolute Gasteiger partial charge is 0.192 e. The van der Waals surface area contributed by atoms with Crippen LogP contribution in [0.5, 0.6) is 0 Å². The van der Waals surface area contributed by atoms with Gasteiger partial charge in [-0.1, -0.05) is 41.5 Å². The number of aliphatic hydroxyl groups is 2. The molecular formula is C17H38O5Si2. The summed E-state index contributed by atoms with van der Waals surface area (Å²) in [6, 6.07) is 0. The molecule has 0 bridgehead atoms. The van der Waals surface area contributed by atoms with Crippen molar-refractivity contribution >= 4 is 16.6 Å². The van der Waals surface area contributed by atoms with E-state index in [1.807, 2.05) is 0 Å². The van der Waals surface area contributed by atoms with Crippen LogP contribution in [-0.4, -0.2) is 58.1 Å². The zero-order chi connectivity index (χ0) is 19.1. The highest BCUT2D eigenvalue weighted by molar-refractivity contribution is 6.74. The largest absolute Gasteiger partial charge is 0.414 e. The van der Waals surface area contributed by atoms with Gasteiger partial charge in [-0.2, -0.15) is 0 Å². The molecule has 24 heavy (non-hydrogen) atoms. The zero-order valence-corrected chi connectivity index (χ0v) is 19.1. The van der Waals surface area contributed by atoms with Gasteiger partial charge >= 0.3 is 0 Å². The molecule has 0 radical (unpaired) electrons. The Kier molecular flexibility index (Phi) is 6.59. The molecule has 1 unspecified atom stereocenters. The maximum absolute atomic E-state index is 10.3. The lowest BCUT2D eigenvalue weighted by Crippen LogP contribution is -2.51. The molecule has 144 valence electrons. The van der Waals surface area contributed by atoms with Crippen LogP contribution in [0.1, 0.15) is 41.5 Å². The normalized spacial score (nSPS) is 30.0. The Morgan fingerprint density at radius 1 is 0.875 bits per heavy atom. The van der Waals surface area contributed by atoms with Crippen LogP contribution in [0.4, 0.5) is 0 Å². The summed E-state index contributed by atoms with van der Waals surface area (Å²) >= 11 is 0. The highest BCUT2D eigenvalue weighted by Gasteiger charge is 2.50. The standard InChI is InChI=1S/C17H38O5Si2/c1-16(2,3)23(7,8)20-11-12-14(13(18)15(19)21-12)22-24(9,10)17(4,5)6/h12-15,18-19H,11H2,1-10H3/t12-,13-,14-,15?/m1/s1. The fourth-order valence-electron chi connectivity index (χ4n) is 2.02. The number of hydrogen-bond acceptors (Lipinski definition) is 5. The summed E-state index contributed by atoms with van der Waals surface area (Å²) in [7, 11) is -4.02. The molecule has 5 nitrogen and oxygen atoms in total. The molecule has 1 aliphatic rings. The van der Waals surface area contributed by atoms with Crippen molar-refractivity contribution in [3.8, 4) is 0 Å². The lowest BCUT2D eigenvalue weighted by molar-refractivity contribution is -0.132. The van der Waals surface area contributed by atoms with Crippen molar-refractivity contribution in [2.75, 3.05) is 6.61 Å². The van der Waals surface area contributed by atoms with Crippen LogP contribution in [-0.2, 0) is 13.6 Å². The summed E-state index contributed by atoms with van der Waals surface area (Å²) in [5, 5.41) is 20.4. The van der Waals surface area contributed by atoms with Crippen molar-refractivity contribution in [2.24, 2.45) is 0 Å². The minimum Gasteiger partial charge on any atom is -0.414 e. The molecular weight excluding hydrogens is 340 g/mol. The number of hydrogen-bond donors (Lipinski definition) is 2. The average Bonchev–Trinajstić information content (AvgIpc) is 2.61. The fraction of sp³-hybridized carbons (Fsp3) is 1.00. The van der Waals surface area contributed by atoms with Crippen LogP contribution < -0.4 is 0 Å². The third kappa shape index (κ3) is 4.90. The first kappa shape index (κ1) is 22.3. The summed E-state index contributed by atoms with van der Waals surface area (Å²) < 4.78 is 18.1. The molecule has 1 heterocycles. The van der Waals surface area contributed by atoms with E-state index in [0.717, 1.165) is 0 Å². The second-order valence-corrected chi connectivity index (χ2v) is 19.5. The van der Waals surface area contributed by atoms with Crippen molar-refractivity contribution in [3.63, 3.8) is 0 Å². The van der Waals surface area contributed by atoms with Crippen molar-refractivity contribution in [1.29, 1.82) is 0 Å². The van der Waals surface area contributed by atoms with Gasteiger partial charge in [-0.15, -0.1) is 0 Å². The Hall–Kier alpha value is 0.234. The van der Waals surface area contributed by atoms with E-state index < -0.39 is 41.2 Å². The van der Waals surface area contributed by atoms with Gasteiger partial charge in [0.15, 0.2) is 22.9 Å². The van der Waals surface area contributed by atoms with Crippen molar-refractivity contribution in [3.05, 3.63) is 0 Å². The number of aliphatic hydroxyl groups excluding tert-OH is 2. The number of ether oxygens (including phenoxy) is 1. The maximum Gasteiger partial charge on any atom is 0.192 e. The third-order valence-corrected chi connectivity index (χ3v) is 14.9. The van der Waals surface area contributed by atoms with E-state index in [-0.39, 0.29) is 10.1 Å². The van der Waals surface area contributed by atoms with Crippen LogP contribution >= 0.6 is 0 Å². The molecule has 1 saturated heterocycles. The Balaban J connectivity index is 2.86. The zero-order valence-electron chi connectivity index (χ0n) is 17.1. The lowest BCUT2D eigenvalue weighted by atomic mass is 10.1. The first-order chi connectivity index (χ1) is 10.5. The van der Waals surface area contributed by atoms with Crippen LogP contribution in [0.2, 0.25) is 36.3 Å². The summed E-state index contributed by atoms with van der Waals surface area (Å²) in [6.07, 6.45) is -3.25. The van der Waals surface area contributed by atoms with Gasteiger partial charge in [-0.05, 0) is 36.3 Å². The van der Waals surface area contributed by atoms with Crippen LogP contribution in [0, 0.1) is 0 Å². The lowest BCUT2D eigenvalue weighted by Gasteiger charge is -2.41. The van der Waals surface area contributed by atoms with Crippen LogP contribution in [0.3, 0.4) is 0 Å².